The number of hydrogen-bond donors (Lipinski definition) is 0. The summed E-state index contributed by atoms with van der Waals surface area (Å²) < 4.78 is 0. The molecule has 142 valence electrons. The van der Waals surface area contributed by atoms with Gasteiger partial charge >= 0.3 is 0 Å². The molecular weight excluding hydrogens is 336 g/mol. The maximum atomic E-state index is 13.5. The molecule has 5 atom stereocenters. The second-order valence-electron chi connectivity index (χ2n) is 8.67. The molecule has 2 saturated carbocycles. The topological polar surface area (TPSA) is 40.6 Å². The number of nitrogens with zero attached hydrogens (tertiary/aromatic N) is 2. The predicted molar refractivity (Wildman–Crippen MR) is 104 cm³/mol. The van der Waals surface area contributed by atoms with Gasteiger partial charge in [-0.15, -0.1) is 0 Å². The Hall–Kier alpha value is -2.10. The summed E-state index contributed by atoms with van der Waals surface area (Å²) in [7, 11) is 0. The molecule has 2 amide bonds. The maximum absolute atomic E-state index is 13.5. The van der Waals surface area contributed by atoms with Crippen LogP contribution in [0.15, 0.2) is 42.6 Å². The van der Waals surface area contributed by atoms with E-state index in [2.05, 4.69) is 18.2 Å². The van der Waals surface area contributed by atoms with Crippen LogP contribution in [-0.4, -0.2) is 40.2 Å². The van der Waals surface area contributed by atoms with Crippen LogP contribution in [0, 0.1) is 11.8 Å². The first kappa shape index (κ1) is 17.0. The Morgan fingerprint density at radius 2 is 1.78 bits per heavy atom. The molecule has 4 aliphatic rings. The van der Waals surface area contributed by atoms with Gasteiger partial charge in [-0.1, -0.05) is 49.2 Å². The first-order valence-electron chi connectivity index (χ1n) is 10.6. The van der Waals surface area contributed by atoms with Crippen LogP contribution in [0.4, 0.5) is 0 Å². The van der Waals surface area contributed by atoms with E-state index in [1.165, 1.54) is 24.8 Å². The van der Waals surface area contributed by atoms with Crippen molar-refractivity contribution < 1.29 is 9.59 Å². The lowest BCUT2D eigenvalue weighted by atomic mass is 9.84. The van der Waals surface area contributed by atoms with Crippen molar-refractivity contribution in [1.82, 2.24) is 9.80 Å². The Morgan fingerprint density at radius 3 is 2.56 bits per heavy atom. The number of carbonyl (C=O) groups excluding carboxylic acids is 2. The third-order valence-corrected chi connectivity index (χ3v) is 7.07. The highest BCUT2D eigenvalue weighted by molar-refractivity contribution is 5.91. The van der Waals surface area contributed by atoms with E-state index in [0.29, 0.717) is 11.8 Å². The van der Waals surface area contributed by atoms with Crippen molar-refractivity contribution in [3.63, 3.8) is 0 Å². The van der Waals surface area contributed by atoms with Crippen molar-refractivity contribution in [1.29, 1.82) is 0 Å². The predicted octanol–water partition coefficient (Wildman–Crippen LogP) is 3.70. The molecule has 0 radical (unpaired) electrons. The Labute approximate surface area is 161 Å². The highest BCUT2D eigenvalue weighted by Gasteiger charge is 2.54. The van der Waals surface area contributed by atoms with E-state index >= 15 is 0 Å². The molecule has 2 unspecified atom stereocenters. The molecule has 5 rings (SSSR count). The fraction of sp³-hybridized carbons (Fsp3) is 0.565. The molecule has 2 heterocycles. The van der Waals surface area contributed by atoms with E-state index in [1.807, 2.05) is 34.2 Å². The summed E-state index contributed by atoms with van der Waals surface area (Å²) in [4.78, 5) is 30.6. The molecule has 1 saturated heterocycles. The number of hydrogen-bond acceptors (Lipinski definition) is 2. The lowest BCUT2D eigenvalue weighted by Gasteiger charge is -2.34. The third kappa shape index (κ3) is 2.99. The molecule has 4 heteroatoms. The normalized spacial score (nSPS) is 34.6. The van der Waals surface area contributed by atoms with Crippen LogP contribution in [0.1, 0.15) is 56.4 Å². The lowest BCUT2D eigenvalue weighted by molar-refractivity contribution is -0.145. The van der Waals surface area contributed by atoms with Gasteiger partial charge < -0.3 is 9.80 Å². The molecular formula is C23H28N2O2. The van der Waals surface area contributed by atoms with Crippen molar-refractivity contribution in [3.8, 4) is 0 Å². The first-order chi connectivity index (χ1) is 13.2. The molecule has 27 heavy (non-hydrogen) atoms. The van der Waals surface area contributed by atoms with E-state index in [9.17, 15) is 9.59 Å². The fourth-order valence-corrected chi connectivity index (χ4v) is 5.59. The summed E-state index contributed by atoms with van der Waals surface area (Å²) in [5.74, 6) is 1.29. The van der Waals surface area contributed by atoms with Crippen molar-refractivity contribution in [2.75, 3.05) is 6.54 Å². The number of carbonyl (C=O) groups is 2. The van der Waals surface area contributed by atoms with Gasteiger partial charge in [-0.05, 0) is 49.5 Å². The van der Waals surface area contributed by atoms with Crippen LogP contribution in [0.2, 0.25) is 0 Å². The summed E-state index contributed by atoms with van der Waals surface area (Å²) in [6.07, 6.45) is 11.3. The maximum Gasteiger partial charge on any atom is 0.249 e. The number of benzene rings is 1. The monoisotopic (exact) mass is 364 g/mol. The van der Waals surface area contributed by atoms with Crippen molar-refractivity contribution in [2.24, 2.45) is 11.8 Å². The van der Waals surface area contributed by atoms with Gasteiger partial charge in [0, 0.05) is 24.7 Å². The van der Waals surface area contributed by atoms with Crippen molar-refractivity contribution in [2.45, 2.75) is 62.9 Å². The highest BCUT2D eigenvalue weighted by Crippen LogP contribution is 2.51. The molecule has 0 spiro atoms. The first-order valence-corrected chi connectivity index (χ1v) is 10.6. The number of amides is 2. The van der Waals surface area contributed by atoms with E-state index < -0.39 is 0 Å². The summed E-state index contributed by atoms with van der Waals surface area (Å²) in [5.41, 5.74) is 1.26. The van der Waals surface area contributed by atoms with Gasteiger partial charge in [-0.3, -0.25) is 9.59 Å². The molecule has 4 nitrogen and oxygen atoms in total. The molecule has 1 aromatic rings. The van der Waals surface area contributed by atoms with Crippen molar-refractivity contribution in [3.05, 3.63) is 48.2 Å². The van der Waals surface area contributed by atoms with Crippen LogP contribution < -0.4 is 0 Å². The van der Waals surface area contributed by atoms with Crippen LogP contribution in [0.25, 0.3) is 0 Å². The van der Waals surface area contributed by atoms with Crippen LogP contribution in [0.5, 0.6) is 0 Å². The van der Waals surface area contributed by atoms with Crippen LogP contribution >= 0.6 is 0 Å². The zero-order chi connectivity index (χ0) is 18.4. The van der Waals surface area contributed by atoms with Crippen LogP contribution in [0.3, 0.4) is 0 Å². The molecule has 0 N–H and O–H groups in total. The number of likely N-dealkylation sites (tertiary alicyclic amines) is 1. The Morgan fingerprint density at radius 1 is 0.963 bits per heavy atom. The largest absolute Gasteiger partial charge is 0.327 e. The Bertz CT molecular complexity index is 759. The van der Waals surface area contributed by atoms with Gasteiger partial charge in [-0.2, -0.15) is 0 Å². The summed E-state index contributed by atoms with van der Waals surface area (Å²) in [5, 5.41) is 0. The average molecular weight is 364 g/mol. The minimum Gasteiger partial charge on any atom is -0.327 e. The summed E-state index contributed by atoms with van der Waals surface area (Å²) >= 11 is 0. The zero-order valence-corrected chi connectivity index (χ0v) is 15.8. The molecule has 2 aliphatic heterocycles. The third-order valence-electron chi connectivity index (χ3n) is 7.07. The minimum atomic E-state index is -0.245. The summed E-state index contributed by atoms with van der Waals surface area (Å²) in [6.45, 7) is 0.767. The van der Waals surface area contributed by atoms with Crippen molar-refractivity contribution >= 4 is 11.8 Å². The van der Waals surface area contributed by atoms with Gasteiger partial charge in [0.25, 0.3) is 0 Å². The number of fused-ring (bicyclic) bond motifs is 1. The van der Waals surface area contributed by atoms with Gasteiger partial charge in [0.15, 0.2) is 0 Å². The Kier molecular flexibility index (Phi) is 4.30. The SMILES string of the molecule is O=C([C@@H]1C[C@@H]2CCCC[C@@H]2N1C(=O)C1CC1c1ccccc1)N1C=CCC1. The summed E-state index contributed by atoms with van der Waals surface area (Å²) in [6, 6.07) is 10.4. The van der Waals surface area contributed by atoms with Gasteiger partial charge in [0.1, 0.15) is 6.04 Å². The highest BCUT2D eigenvalue weighted by atomic mass is 16.2. The average Bonchev–Trinajstić information content (AvgIpc) is 3.14. The fourth-order valence-electron chi connectivity index (χ4n) is 5.59. The van der Waals surface area contributed by atoms with E-state index in [4.69, 9.17) is 0 Å². The second kappa shape index (κ2) is 6.81. The number of rotatable bonds is 3. The smallest absolute Gasteiger partial charge is 0.249 e. The van der Waals surface area contributed by atoms with Gasteiger partial charge in [-0.25, -0.2) is 0 Å². The van der Waals surface area contributed by atoms with Gasteiger partial charge in [0.05, 0.1) is 0 Å². The van der Waals surface area contributed by atoms with Crippen LogP contribution in [-0.2, 0) is 9.59 Å². The molecule has 1 aromatic carbocycles. The van der Waals surface area contributed by atoms with E-state index in [1.54, 1.807) is 0 Å². The lowest BCUT2D eigenvalue weighted by Crippen LogP contribution is -2.50. The molecule has 0 bridgehead atoms. The minimum absolute atomic E-state index is 0.0671. The standard InChI is InChI=1S/C23H28N2O2/c26-22(19-15-18(19)16-8-2-1-3-9-16)25-20-11-5-4-10-17(20)14-21(25)23(27)24-12-6-7-13-24/h1-3,6,8-9,12,17-21H,4-5,7,10-11,13-15H2/t17-,18?,19?,20-,21-/m0/s1. The zero-order valence-electron chi connectivity index (χ0n) is 15.8. The quantitative estimate of drug-likeness (QED) is 0.821. The van der Waals surface area contributed by atoms with E-state index in [-0.39, 0.29) is 29.8 Å². The van der Waals surface area contributed by atoms with Gasteiger partial charge in [0.2, 0.25) is 11.8 Å². The van der Waals surface area contributed by atoms with E-state index in [0.717, 1.165) is 32.2 Å². The molecule has 2 aliphatic carbocycles. The Balaban J connectivity index is 1.38. The second-order valence-corrected chi connectivity index (χ2v) is 8.67. The molecule has 0 aromatic heterocycles. The molecule has 3 fully saturated rings.